The average molecular weight is 395 g/mol. The van der Waals surface area contributed by atoms with E-state index >= 15 is 0 Å². The molecule has 0 saturated heterocycles. The van der Waals surface area contributed by atoms with Crippen molar-refractivity contribution in [3.63, 3.8) is 0 Å². The van der Waals surface area contributed by atoms with Crippen molar-refractivity contribution in [1.82, 2.24) is 15.3 Å². The fourth-order valence-corrected chi connectivity index (χ4v) is 2.80. The van der Waals surface area contributed by atoms with Gasteiger partial charge in [0.1, 0.15) is 18.2 Å². The summed E-state index contributed by atoms with van der Waals surface area (Å²) >= 11 is 0. The van der Waals surface area contributed by atoms with Gasteiger partial charge in [0, 0.05) is 12.0 Å². The van der Waals surface area contributed by atoms with Crippen molar-refractivity contribution in [2.75, 3.05) is 6.54 Å². The van der Waals surface area contributed by atoms with Crippen LogP contribution in [0.2, 0.25) is 0 Å². The number of benzene rings is 2. The molecule has 0 spiro atoms. The van der Waals surface area contributed by atoms with Crippen LogP contribution in [0.1, 0.15) is 27.6 Å². The SMILES string of the molecule is Cc1nc(Cc2ccc(-c3ccccc3)c(F)c2)nc(C(=O)NCC(=O)O)c1O. The highest BCUT2D eigenvalue weighted by atomic mass is 19.1. The van der Waals surface area contributed by atoms with E-state index in [0.717, 1.165) is 5.56 Å². The Morgan fingerprint density at radius 3 is 2.48 bits per heavy atom. The standard InChI is InChI=1S/C21H18FN3O4/c1-12-20(28)19(21(29)23-11-18(26)27)25-17(24-12)10-13-7-8-15(16(22)9-13)14-5-3-2-4-6-14/h2-9,28H,10-11H2,1H3,(H,23,29)(H,26,27). The van der Waals surface area contributed by atoms with Crippen molar-refractivity contribution in [2.24, 2.45) is 0 Å². The molecule has 0 aliphatic carbocycles. The summed E-state index contributed by atoms with van der Waals surface area (Å²) in [6.45, 7) is 0.885. The van der Waals surface area contributed by atoms with Crippen LogP contribution in [0.3, 0.4) is 0 Å². The molecule has 3 N–H and O–H groups in total. The number of amides is 1. The van der Waals surface area contributed by atoms with Crippen LogP contribution in [0, 0.1) is 12.7 Å². The number of aromatic hydroxyl groups is 1. The lowest BCUT2D eigenvalue weighted by Gasteiger charge is -2.10. The number of nitrogens with zero attached hydrogens (tertiary/aromatic N) is 2. The van der Waals surface area contributed by atoms with Crippen molar-refractivity contribution >= 4 is 11.9 Å². The number of nitrogens with one attached hydrogen (secondary N) is 1. The van der Waals surface area contributed by atoms with Crippen LogP contribution in [0.15, 0.2) is 48.5 Å². The van der Waals surface area contributed by atoms with Crippen LogP contribution in [0.25, 0.3) is 11.1 Å². The number of halogens is 1. The quantitative estimate of drug-likeness (QED) is 0.592. The molecule has 0 saturated carbocycles. The Kier molecular flexibility index (Phi) is 5.82. The van der Waals surface area contributed by atoms with E-state index in [9.17, 15) is 19.1 Å². The first-order chi connectivity index (χ1) is 13.8. The molecule has 1 heterocycles. The molecule has 8 heteroatoms. The maximum atomic E-state index is 14.6. The highest BCUT2D eigenvalue weighted by molar-refractivity contribution is 5.96. The van der Waals surface area contributed by atoms with Crippen LogP contribution < -0.4 is 5.32 Å². The summed E-state index contributed by atoms with van der Waals surface area (Å²) < 4.78 is 14.6. The second kappa shape index (κ2) is 8.47. The third kappa shape index (κ3) is 4.73. The number of aliphatic carboxylic acids is 1. The van der Waals surface area contributed by atoms with Crippen molar-refractivity contribution in [3.05, 3.63) is 77.1 Å². The Morgan fingerprint density at radius 1 is 1.10 bits per heavy atom. The molecule has 0 aliphatic rings. The third-order valence-corrected chi connectivity index (χ3v) is 4.20. The predicted octanol–water partition coefficient (Wildman–Crippen LogP) is 2.70. The monoisotopic (exact) mass is 395 g/mol. The Bertz CT molecular complexity index is 1070. The Balaban J connectivity index is 1.86. The minimum absolute atomic E-state index is 0.131. The van der Waals surface area contributed by atoms with Crippen molar-refractivity contribution in [3.8, 4) is 16.9 Å². The molecule has 1 amide bonds. The number of aryl methyl sites for hydroxylation is 1. The molecule has 7 nitrogen and oxygen atoms in total. The fraction of sp³-hybridized carbons (Fsp3) is 0.143. The summed E-state index contributed by atoms with van der Waals surface area (Å²) in [7, 11) is 0. The number of hydrogen-bond acceptors (Lipinski definition) is 5. The Morgan fingerprint density at radius 2 is 1.83 bits per heavy atom. The van der Waals surface area contributed by atoms with Crippen LogP contribution >= 0.6 is 0 Å². The first-order valence-electron chi connectivity index (χ1n) is 8.75. The van der Waals surface area contributed by atoms with Gasteiger partial charge in [-0.1, -0.05) is 42.5 Å². The van der Waals surface area contributed by atoms with Crippen LogP contribution in [-0.2, 0) is 11.2 Å². The number of aromatic nitrogens is 2. The molecule has 0 bridgehead atoms. The second-order valence-corrected chi connectivity index (χ2v) is 6.36. The van der Waals surface area contributed by atoms with E-state index in [1.807, 2.05) is 30.3 Å². The molecule has 3 aromatic rings. The summed E-state index contributed by atoms with van der Waals surface area (Å²) in [5, 5.41) is 20.8. The van der Waals surface area contributed by atoms with Crippen molar-refractivity contribution in [1.29, 1.82) is 0 Å². The second-order valence-electron chi connectivity index (χ2n) is 6.36. The topological polar surface area (TPSA) is 112 Å². The lowest BCUT2D eigenvalue weighted by Crippen LogP contribution is -2.30. The molecule has 0 atom stereocenters. The first-order valence-corrected chi connectivity index (χ1v) is 8.75. The van der Waals surface area contributed by atoms with Gasteiger partial charge in [0.2, 0.25) is 0 Å². The normalized spacial score (nSPS) is 10.6. The molecule has 0 radical (unpaired) electrons. The summed E-state index contributed by atoms with van der Waals surface area (Å²) in [4.78, 5) is 30.9. The van der Waals surface area contributed by atoms with Gasteiger partial charge in [0.05, 0.1) is 5.69 Å². The van der Waals surface area contributed by atoms with Crippen molar-refractivity contribution in [2.45, 2.75) is 13.3 Å². The first kappa shape index (κ1) is 19.9. The predicted molar refractivity (Wildman–Crippen MR) is 103 cm³/mol. The zero-order chi connectivity index (χ0) is 21.0. The van der Waals surface area contributed by atoms with Gasteiger partial charge in [0.15, 0.2) is 11.4 Å². The van der Waals surface area contributed by atoms with E-state index in [4.69, 9.17) is 5.11 Å². The molecular weight excluding hydrogens is 377 g/mol. The molecule has 29 heavy (non-hydrogen) atoms. The zero-order valence-corrected chi connectivity index (χ0v) is 15.5. The summed E-state index contributed by atoms with van der Waals surface area (Å²) in [6.07, 6.45) is 0.131. The largest absolute Gasteiger partial charge is 0.504 e. The molecule has 0 fully saturated rings. The lowest BCUT2D eigenvalue weighted by atomic mass is 10.0. The molecular formula is C21H18FN3O4. The van der Waals surface area contributed by atoms with Crippen LogP contribution in [-0.4, -0.2) is 38.6 Å². The number of carboxylic acids is 1. The van der Waals surface area contributed by atoms with Gasteiger partial charge in [-0.05, 0) is 24.1 Å². The lowest BCUT2D eigenvalue weighted by molar-refractivity contribution is -0.135. The van der Waals surface area contributed by atoms with Crippen molar-refractivity contribution < 1.29 is 24.2 Å². The fourth-order valence-electron chi connectivity index (χ4n) is 2.80. The summed E-state index contributed by atoms with van der Waals surface area (Å²) in [5.74, 6) is -2.68. The highest BCUT2D eigenvalue weighted by Crippen LogP contribution is 2.25. The van der Waals surface area contributed by atoms with E-state index in [1.54, 1.807) is 12.1 Å². The number of carboxylic acid groups (broad SMARTS) is 1. The average Bonchev–Trinajstić information content (AvgIpc) is 2.69. The number of rotatable bonds is 6. The third-order valence-electron chi connectivity index (χ3n) is 4.20. The van der Waals surface area contributed by atoms with Crippen LogP contribution in [0.4, 0.5) is 4.39 Å². The number of carbonyl (C=O) groups excluding carboxylic acids is 1. The molecule has 3 rings (SSSR count). The summed E-state index contributed by atoms with van der Waals surface area (Å²) in [6, 6.07) is 13.9. The van der Waals surface area contributed by atoms with Gasteiger partial charge >= 0.3 is 5.97 Å². The molecule has 0 aliphatic heterocycles. The van der Waals surface area contributed by atoms with Gasteiger partial charge in [-0.2, -0.15) is 0 Å². The summed E-state index contributed by atoms with van der Waals surface area (Å²) in [5.41, 5.74) is 1.65. The molecule has 2 aromatic carbocycles. The minimum atomic E-state index is -1.22. The number of carbonyl (C=O) groups is 2. The number of hydrogen-bond donors (Lipinski definition) is 3. The zero-order valence-electron chi connectivity index (χ0n) is 15.5. The van der Waals surface area contributed by atoms with E-state index in [0.29, 0.717) is 11.1 Å². The van der Waals surface area contributed by atoms with E-state index in [1.165, 1.54) is 13.0 Å². The smallest absolute Gasteiger partial charge is 0.322 e. The Hall–Kier alpha value is -3.81. The van der Waals surface area contributed by atoms with Gasteiger partial charge < -0.3 is 15.5 Å². The molecule has 0 unspecified atom stereocenters. The van der Waals surface area contributed by atoms with E-state index in [-0.39, 0.29) is 23.6 Å². The molecule has 148 valence electrons. The Labute approximate surface area is 165 Å². The molecule has 1 aromatic heterocycles. The minimum Gasteiger partial charge on any atom is -0.504 e. The maximum absolute atomic E-state index is 14.6. The van der Waals surface area contributed by atoms with Crippen LogP contribution in [0.5, 0.6) is 5.75 Å². The maximum Gasteiger partial charge on any atom is 0.322 e. The van der Waals surface area contributed by atoms with Gasteiger partial charge in [-0.15, -0.1) is 0 Å². The van der Waals surface area contributed by atoms with E-state index in [2.05, 4.69) is 15.3 Å². The van der Waals surface area contributed by atoms with E-state index < -0.39 is 30.0 Å². The van der Waals surface area contributed by atoms with Gasteiger partial charge in [-0.25, -0.2) is 14.4 Å². The van der Waals surface area contributed by atoms with Gasteiger partial charge in [-0.3, -0.25) is 9.59 Å². The van der Waals surface area contributed by atoms with Gasteiger partial charge in [0.25, 0.3) is 5.91 Å². The highest BCUT2D eigenvalue weighted by Gasteiger charge is 2.19.